The predicted octanol–water partition coefficient (Wildman–Crippen LogP) is 4.68. The molecule has 1 fully saturated rings. The van der Waals surface area contributed by atoms with Gasteiger partial charge in [0.05, 0.1) is 0 Å². The molecule has 15 heavy (non-hydrogen) atoms. The molecule has 1 aliphatic carbocycles. The van der Waals surface area contributed by atoms with Crippen LogP contribution in [0.4, 0.5) is 0 Å². The van der Waals surface area contributed by atoms with E-state index in [9.17, 15) is 0 Å². The molecule has 0 amide bonds. The van der Waals surface area contributed by atoms with Crippen LogP contribution in [0.3, 0.4) is 0 Å². The number of benzene rings is 1. The van der Waals surface area contributed by atoms with Crippen LogP contribution < -0.4 is 0 Å². The SMILES string of the molecule is Cc1ccccc1C1CCCCCC1C. The Bertz CT molecular complexity index is 314. The van der Waals surface area contributed by atoms with Gasteiger partial charge in [-0.2, -0.15) is 0 Å². The Labute approximate surface area is 93.7 Å². The third-order valence-corrected chi connectivity index (χ3v) is 3.95. The van der Waals surface area contributed by atoms with Gasteiger partial charge in [0, 0.05) is 0 Å². The minimum Gasteiger partial charge on any atom is -0.0620 e. The van der Waals surface area contributed by atoms with Crippen molar-refractivity contribution in [3.63, 3.8) is 0 Å². The summed E-state index contributed by atoms with van der Waals surface area (Å²) in [5.74, 6) is 1.68. The Balaban J connectivity index is 2.24. The summed E-state index contributed by atoms with van der Waals surface area (Å²) in [6.45, 7) is 4.69. The first-order valence-electron chi connectivity index (χ1n) is 6.34. The number of hydrogen-bond donors (Lipinski definition) is 0. The number of aryl methyl sites for hydroxylation is 1. The molecular weight excluding hydrogens is 180 g/mol. The Hall–Kier alpha value is -0.780. The molecule has 82 valence electrons. The normalized spacial score (nSPS) is 27.3. The van der Waals surface area contributed by atoms with Crippen molar-refractivity contribution >= 4 is 0 Å². The van der Waals surface area contributed by atoms with E-state index in [2.05, 4.69) is 38.1 Å². The summed E-state index contributed by atoms with van der Waals surface area (Å²) in [4.78, 5) is 0. The molecule has 0 aliphatic heterocycles. The zero-order chi connectivity index (χ0) is 10.7. The van der Waals surface area contributed by atoms with E-state index < -0.39 is 0 Å². The smallest absolute Gasteiger partial charge is 0.0134 e. The molecule has 0 bridgehead atoms. The standard InChI is InChI=1S/C15H22/c1-12-8-4-3-5-10-14(12)15-11-7-6-9-13(15)2/h6-7,9,11-12,14H,3-5,8,10H2,1-2H3. The quantitative estimate of drug-likeness (QED) is 0.580. The third-order valence-electron chi connectivity index (χ3n) is 3.95. The summed E-state index contributed by atoms with van der Waals surface area (Å²) in [6, 6.07) is 8.94. The molecule has 2 atom stereocenters. The molecule has 0 heteroatoms. The van der Waals surface area contributed by atoms with E-state index in [1.54, 1.807) is 5.56 Å². The first kappa shape index (κ1) is 10.7. The topological polar surface area (TPSA) is 0 Å². The molecule has 0 radical (unpaired) electrons. The lowest BCUT2D eigenvalue weighted by atomic mass is 9.82. The molecule has 0 aromatic heterocycles. The molecule has 0 spiro atoms. The monoisotopic (exact) mass is 202 g/mol. The van der Waals surface area contributed by atoms with Gasteiger partial charge in [0.15, 0.2) is 0 Å². The van der Waals surface area contributed by atoms with E-state index in [0.717, 1.165) is 11.8 Å². The maximum absolute atomic E-state index is 2.43. The molecule has 0 saturated heterocycles. The molecular formula is C15H22. The summed E-state index contributed by atoms with van der Waals surface area (Å²) < 4.78 is 0. The second-order valence-corrected chi connectivity index (χ2v) is 5.08. The van der Waals surface area contributed by atoms with Gasteiger partial charge in [-0.1, -0.05) is 56.9 Å². The average molecular weight is 202 g/mol. The van der Waals surface area contributed by atoms with Crippen molar-refractivity contribution in [2.45, 2.75) is 51.9 Å². The predicted molar refractivity (Wildman–Crippen MR) is 66.2 cm³/mol. The van der Waals surface area contributed by atoms with Crippen LogP contribution in [-0.2, 0) is 0 Å². The van der Waals surface area contributed by atoms with Gasteiger partial charge >= 0.3 is 0 Å². The Morgan fingerprint density at radius 3 is 2.53 bits per heavy atom. The number of hydrogen-bond acceptors (Lipinski definition) is 0. The lowest BCUT2D eigenvalue weighted by molar-refractivity contribution is 0.433. The van der Waals surface area contributed by atoms with E-state index in [4.69, 9.17) is 0 Å². The van der Waals surface area contributed by atoms with Gasteiger partial charge in [-0.15, -0.1) is 0 Å². The highest BCUT2D eigenvalue weighted by Crippen LogP contribution is 2.37. The van der Waals surface area contributed by atoms with E-state index >= 15 is 0 Å². The van der Waals surface area contributed by atoms with Crippen LogP contribution in [-0.4, -0.2) is 0 Å². The highest BCUT2D eigenvalue weighted by molar-refractivity contribution is 5.29. The molecule has 1 aliphatic rings. The molecule has 0 nitrogen and oxygen atoms in total. The molecule has 1 saturated carbocycles. The van der Waals surface area contributed by atoms with Gasteiger partial charge in [0.2, 0.25) is 0 Å². The van der Waals surface area contributed by atoms with Crippen LogP contribution in [0.1, 0.15) is 56.1 Å². The molecule has 1 aromatic rings. The van der Waals surface area contributed by atoms with Gasteiger partial charge in [-0.05, 0) is 36.3 Å². The van der Waals surface area contributed by atoms with Crippen molar-refractivity contribution in [1.82, 2.24) is 0 Å². The second-order valence-electron chi connectivity index (χ2n) is 5.08. The Morgan fingerprint density at radius 1 is 1.00 bits per heavy atom. The second kappa shape index (κ2) is 4.83. The fourth-order valence-corrected chi connectivity index (χ4v) is 2.96. The summed E-state index contributed by atoms with van der Waals surface area (Å²) in [7, 11) is 0. The fraction of sp³-hybridized carbons (Fsp3) is 0.600. The Kier molecular flexibility index (Phi) is 3.45. The van der Waals surface area contributed by atoms with Crippen LogP contribution in [0.2, 0.25) is 0 Å². The van der Waals surface area contributed by atoms with Gasteiger partial charge in [-0.3, -0.25) is 0 Å². The molecule has 0 heterocycles. The first-order valence-corrected chi connectivity index (χ1v) is 6.34. The van der Waals surface area contributed by atoms with Crippen molar-refractivity contribution < 1.29 is 0 Å². The van der Waals surface area contributed by atoms with Gasteiger partial charge in [0.1, 0.15) is 0 Å². The van der Waals surface area contributed by atoms with E-state index in [1.807, 2.05) is 0 Å². The fourth-order valence-electron chi connectivity index (χ4n) is 2.96. The van der Waals surface area contributed by atoms with E-state index in [-0.39, 0.29) is 0 Å². The van der Waals surface area contributed by atoms with Crippen LogP contribution >= 0.6 is 0 Å². The Morgan fingerprint density at radius 2 is 1.73 bits per heavy atom. The summed E-state index contributed by atoms with van der Waals surface area (Å²) >= 11 is 0. The van der Waals surface area contributed by atoms with Gasteiger partial charge in [-0.25, -0.2) is 0 Å². The number of rotatable bonds is 1. The van der Waals surface area contributed by atoms with Crippen LogP contribution in [0.25, 0.3) is 0 Å². The zero-order valence-electron chi connectivity index (χ0n) is 10.00. The highest BCUT2D eigenvalue weighted by atomic mass is 14.3. The maximum atomic E-state index is 2.43. The summed E-state index contributed by atoms with van der Waals surface area (Å²) in [5.41, 5.74) is 3.09. The molecule has 1 aromatic carbocycles. The van der Waals surface area contributed by atoms with Gasteiger partial charge in [0.25, 0.3) is 0 Å². The lowest BCUT2D eigenvalue weighted by Crippen LogP contribution is -2.09. The van der Waals surface area contributed by atoms with Crippen molar-refractivity contribution in [3.8, 4) is 0 Å². The van der Waals surface area contributed by atoms with E-state index in [1.165, 1.54) is 37.7 Å². The molecule has 2 rings (SSSR count). The van der Waals surface area contributed by atoms with Crippen molar-refractivity contribution in [3.05, 3.63) is 35.4 Å². The van der Waals surface area contributed by atoms with Crippen molar-refractivity contribution in [2.75, 3.05) is 0 Å². The average Bonchev–Trinajstić information content (AvgIpc) is 2.44. The highest BCUT2D eigenvalue weighted by Gasteiger charge is 2.22. The minimum absolute atomic E-state index is 0.814. The van der Waals surface area contributed by atoms with E-state index in [0.29, 0.717) is 0 Å². The molecule has 2 unspecified atom stereocenters. The zero-order valence-corrected chi connectivity index (χ0v) is 10.00. The van der Waals surface area contributed by atoms with Crippen LogP contribution in [0, 0.1) is 12.8 Å². The van der Waals surface area contributed by atoms with Gasteiger partial charge < -0.3 is 0 Å². The van der Waals surface area contributed by atoms with Crippen molar-refractivity contribution in [2.24, 2.45) is 5.92 Å². The first-order chi connectivity index (χ1) is 7.29. The maximum Gasteiger partial charge on any atom is -0.0134 e. The largest absolute Gasteiger partial charge is 0.0620 e. The lowest BCUT2D eigenvalue weighted by Gasteiger charge is -2.23. The summed E-state index contributed by atoms with van der Waals surface area (Å²) in [5, 5.41) is 0. The summed E-state index contributed by atoms with van der Waals surface area (Å²) in [6.07, 6.45) is 7.10. The minimum atomic E-state index is 0.814. The van der Waals surface area contributed by atoms with Crippen molar-refractivity contribution in [1.29, 1.82) is 0 Å². The van der Waals surface area contributed by atoms with Crippen LogP contribution in [0.5, 0.6) is 0 Å². The third kappa shape index (κ3) is 2.42. The van der Waals surface area contributed by atoms with Crippen LogP contribution in [0.15, 0.2) is 24.3 Å². The molecule has 0 N–H and O–H groups in total.